The number of phenols is 1. The molecular formula is C22H21F2N5O3S. The second kappa shape index (κ2) is 9.61. The van der Waals surface area contributed by atoms with Gasteiger partial charge in [-0.25, -0.2) is 27.2 Å². The second-order valence-electron chi connectivity index (χ2n) is 7.31. The van der Waals surface area contributed by atoms with Gasteiger partial charge in [-0.05, 0) is 23.8 Å². The standard InChI is InChI=1S/C22H21F2N5O3S/c23-18-12-21(33(31,32)29-8-6-25-7-9-29)19(24)11-20(18)28-22-26-13-16(14-27-22)5-4-15-2-1-3-17(30)10-15/h1-5,10-14,25,30H,6-9H2,(H,26,27,28). The van der Waals surface area contributed by atoms with Crippen molar-refractivity contribution in [3.05, 3.63) is 71.6 Å². The van der Waals surface area contributed by atoms with Gasteiger partial charge in [-0.15, -0.1) is 0 Å². The normalized spacial score (nSPS) is 15.1. The molecule has 0 bridgehead atoms. The summed E-state index contributed by atoms with van der Waals surface area (Å²) in [7, 11) is -4.15. The molecule has 1 fully saturated rings. The zero-order chi connectivity index (χ0) is 23.4. The smallest absolute Gasteiger partial charge is 0.246 e. The molecule has 4 rings (SSSR count). The Hall–Kier alpha value is -3.41. The average molecular weight is 474 g/mol. The molecule has 172 valence electrons. The molecule has 2 heterocycles. The lowest BCUT2D eigenvalue weighted by Gasteiger charge is -2.26. The Bertz CT molecular complexity index is 1280. The van der Waals surface area contributed by atoms with E-state index in [1.807, 2.05) is 6.07 Å². The predicted octanol–water partition coefficient (Wildman–Crippen LogP) is 2.97. The highest BCUT2D eigenvalue weighted by atomic mass is 32.2. The number of nitrogens with one attached hydrogen (secondary N) is 2. The lowest BCUT2D eigenvalue weighted by atomic mass is 10.2. The number of piperazine rings is 1. The molecule has 33 heavy (non-hydrogen) atoms. The first-order valence-corrected chi connectivity index (χ1v) is 11.5. The van der Waals surface area contributed by atoms with Gasteiger partial charge in [-0.3, -0.25) is 0 Å². The first-order chi connectivity index (χ1) is 15.8. The van der Waals surface area contributed by atoms with E-state index in [9.17, 15) is 22.3 Å². The summed E-state index contributed by atoms with van der Waals surface area (Å²) >= 11 is 0. The molecule has 1 aromatic heterocycles. The van der Waals surface area contributed by atoms with Gasteiger partial charge >= 0.3 is 0 Å². The van der Waals surface area contributed by atoms with E-state index in [0.29, 0.717) is 24.7 Å². The number of anilines is 2. The lowest BCUT2D eigenvalue weighted by Crippen LogP contribution is -2.46. The van der Waals surface area contributed by atoms with Crippen molar-refractivity contribution in [1.82, 2.24) is 19.6 Å². The number of rotatable bonds is 6. The number of hydrogen-bond donors (Lipinski definition) is 3. The summed E-state index contributed by atoms with van der Waals surface area (Å²) in [5, 5.41) is 15.1. The molecule has 11 heteroatoms. The van der Waals surface area contributed by atoms with Gasteiger partial charge in [-0.2, -0.15) is 4.31 Å². The van der Waals surface area contributed by atoms with Crippen LogP contribution in [-0.4, -0.2) is 54.0 Å². The SMILES string of the molecule is O=S(=O)(c1cc(F)c(Nc2ncc(C=Cc3cccc(O)c3)cn2)cc1F)N1CCNCC1. The third kappa shape index (κ3) is 5.33. The van der Waals surface area contributed by atoms with Crippen LogP contribution in [-0.2, 0) is 10.0 Å². The highest BCUT2D eigenvalue weighted by Crippen LogP contribution is 2.27. The minimum atomic E-state index is -4.15. The summed E-state index contributed by atoms with van der Waals surface area (Å²) < 4.78 is 55.7. The molecule has 0 spiro atoms. The van der Waals surface area contributed by atoms with Crippen molar-refractivity contribution >= 4 is 33.8 Å². The summed E-state index contributed by atoms with van der Waals surface area (Å²) in [5.74, 6) is -1.85. The maximum Gasteiger partial charge on any atom is 0.246 e. The molecule has 0 aliphatic carbocycles. The molecule has 0 atom stereocenters. The Morgan fingerprint density at radius 3 is 2.39 bits per heavy atom. The van der Waals surface area contributed by atoms with E-state index in [4.69, 9.17) is 0 Å². The van der Waals surface area contributed by atoms with Crippen LogP contribution in [0.15, 0.2) is 53.7 Å². The number of nitrogens with zero attached hydrogens (tertiary/aromatic N) is 3. The molecule has 1 aliphatic rings. The molecule has 0 saturated carbocycles. The fraction of sp³-hybridized carbons (Fsp3) is 0.182. The number of benzene rings is 2. The first kappa shape index (κ1) is 22.8. The van der Waals surface area contributed by atoms with E-state index >= 15 is 0 Å². The Morgan fingerprint density at radius 2 is 1.70 bits per heavy atom. The fourth-order valence-electron chi connectivity index (χ4n) is 3.28. The average Bonchev–Trinajstić information content (AvgIpc) is 2.81. The van der Waals surface area contributed by atoms with E-state index < -0.39 is 26.6 Å². The van der Waals surface area contributed by atoms with Crippen LogP contribution >= 0.6 is 0 Å². The lowest BCUT2D eigenvalue weighted by molar-refractivity contribution is 0.358. The van der Waals surface area contributed by atoms with E-state index in [2.05, 4.69) is 20.6 Å². The topological polar surface area (TPSA) is 107 Å². The molecular weight excluding hydrogens is 452 g/mol. The van der Waals surface area contributed by atoms with Crippen molar-refractivity contribution in [2.75, 3.05) is 31.5 Å². The molecule has 0 unspecified atom stereocenters. The Balaban J connectivity index is 1.49. The highest BCUT2D eigenvalue weighted by molar-refractivity contribution is 7.89. The molecule has 1 saturated heterocycles. The summed E-state index contributed by atoms with van der Waals surface area (Å²) in [4.78, 5) is 7.44. The Morgan fingerprint density at radius 1 is 1.00 bits per heavy atom. The molecule has 0 amide bonds. The number of aromatic nitrogens is 2. The number of phenolic OH excluding ortho intramolecular Hbond substituents is 1. The van der Waals surface area contributed by atoms with E-state index in [1.54, 1.807) is 30.4 Å². The van der Waals surface area contributed by atoms with Crippen LogP contribution in [0.3, 0.4) is 0 Å². The van der Waals surface area contributed by atoms with Gasteiger partial charge in [0, 0.05) is 50.2 Å². The number of sulfonamides is 1. The second-order valence-corrected chi connectivity index (χ2v) is 9.22. The third-order valence-corrected chi connectivity index (χ3v) is 6.89. The van der Waals surface area contributed by atoms with Gasteiger partial charge in [0.25, 0.3) is 0 Å². The van der Waals surface area contributed by atoms with Crippen LogP contribution in [0.1, 0.15) is 11.1 Å². The van der Waals surface area contributed by atoms with Crippen molar-refractivity contribution in [2.45, 2.75) is 4.90 Å². The van der Waals surface area contributed by atoms with Crippen LogP contribution in [0.25, 0.3) is 12.2 Å². The zero-order valence-electron chi connectivity index (χ0n) is 17.4. The van der Waals surface area contributed by atoms with Gasteiger partial charge in [-0.1, -0.05) is 24.3 Å². The van der Waals surface area contributed by atoms with Gasteiger partial charge in [0.1, 0.15) is 22.3 Å². The van der Waals surface area contributed by atoms with Crippen LogP contribution in [0.2, 0.25) is 0 Å². The summed E-state index contributed by atoms with van der Waals surface area (Å²) in [6.45, 7) is 1.26. The van der Waals surface area contributed by atoms with Crippen LogP contribution in [0.4, 0.5) is 20.4 Å². The molecule has 0 radical (unpaired) electrons. The van der Waals surface area contributed by atoms with E-state index in [1.165, 1.54) is 12.4 Å². The number of aromatic hydroxyl groups is 1. The van der Waals surface area contributed by atoms with Gasteiger partial charge in [0.15, 0.2) is 0 Å². The zero-order valence-corrected chi connectivity index (χ0v) is 18.2. The summed E-state index contributed by atoms with van der Waals surface area (Å²) in [6, 6.07) is 8.14. The quantitative estimate of drug-likeness (QED) is 0.505. The maximum atomic E-state index is 14.6. The Kier molecular flexibility index (Phi) is 6.63. The van der Waals surface area contributed by atoms with Crippen molar-refractivity contribution < 1.29 is 22.3 Å². The third-order valence-electron chi connectivity index (χ3n) is 4.97. The van der Waals surface area contributed by atoms with Crippen LogP contribution < -0.4 is 10.6 Å². The van der Waals surface area contributed by atoms with E-state index in [-0.39, 0.29) is 30.5 Å². The Labute approximate surface area is 189 Å². The predicted molar refractivity (Wildman–Crippen MR) is 120 cm³/mol. The van der Waals surface area contributed by atoms with Crippen LogP contribution in [0, 0.1) is 11.6 Å². The van der Waals surface area contributed by atoms with Crippen LogP contribution in [0.5, 0.6) is 5.75 Å². The van der Waals surface area contributed by atoms with Gasteiger partial charge < -0.3 is 15.7 Å². The highest BCUT2D eigenvalue weighted by Gasteiger charge is 2.30. The fourth-order valence-corrected chi connectivity index (χ4v) is 4.78. The van der Waals surface area contributed by atoms with Gasteiger partial charge in [0.2, 0.25) is 16.0 Å². The number of hydrogen-bond acceptors (Lipinski definition) is 7. The maximum absolute atomic E-state index is 14.6. The summed E-state index contributed by atoms with van der Waals surface area (Å²) in [5.41, 5.74) is 1.15. The number of halogens is 2. The minimum Gasteiger partial charge on any atom is -0.508 e. The van der Waals surface area contributed by atoms with Crippen molar-refractivity contribution in [3.63, 3.8) is 0 Å². The molecule has 2 aromatic carbocycles. The van der Waals surface area contributed by atoms with Crippen molar-refractivity contribution in [2.24, 2.45) is 0 Å². The molecule has 3 aromatic rings. The minimum absolute atomic E-state index is 0.0144. The molecule has 8 nitrogen and oxygen atoms in total. The summed E-state index contributed by atoms with van der Waals surface area (Å²) in [6.07, 6.45) is 6.45. The molecule has 3 N–H and O–H groups in total. The largest absolute Gasteiger partial charge is 0.508 e. The van der Waals surface area contributed by atoms with Gasteiger partial charge in [0.05, 0.1) is 5.69 Å². The van der Waals surface area contributed by atoms with E-state index in [0.717, 1.165) is 15.9 Å². The van der Waals surface area contributed by atoms with Crippen molar-refractivity contribution in [3.8, 4) is 5.75 Å². The monoisotopic (exact) mass is 473 g/mol. The first-order valence-electron chi connectivity index (χ1n) is 10.1. The van der Waals surface area contributed by atoms with Crippen molar-refractivity contribution in [1.29, 1.82) is 0 Å². The molecule has 1 aliphatic heterocycles.